The first-order chi connectivity index (χ1) is 10.1. The largest absolute Gasteiger partial charge is 0.389 e. The van der Waals surface area contributed by atoms with E-state index in [1.54, 1.807) is 0 Å². The van der Waals surface area contributed by atoms with E-state index in [1.807, 2.05) is 34.6 Å². The second kappa shape index (κ2) is 7.99. The number of halogens is 2. The summed E-state index contributed by atoms with van der Waals surface area (Å²) >= 11 is 0. The number of aliphatic hydroxyl groups excluding tert-OH is 1. The Morgan fingerprint density at radius 1 is 1.23 bits per heavy atom. The molecule has 0 aliphatic heterocycles. The van der Waals surface area contributed by atoms with Gasteiger partial charge in [-0.15, -0.1) is 0 Å². The Bertz CT molecular complexity index is 472. The average Bonchev–Trinajstić information content (AvgIpc) is 2.37. The summed E-state index contributed by atoms with van der Waals surface area (Å²) in [6.45, 7) is 10.2. The van der Waals surface area contributed by atoms with Crippen LogP contribution in [0.3, 0.4) is 0 Å². The van der Waals surface area contributed by atoms with Crippen LogP contribution in [0.1, 0.15) is 46.2 Å². The fraction of sp³-hybridized carbons (Fsp3) is 0.647. The smallest absolute Gasteiger partial charge is 0.130 e. The molecule has 0 saturated carbocycles. The quantitative estimate of drug-likeness (QED) is 0.810. The summed E-state index contributed by atoms with van der Waals surface area (Å²) in [6.07, 6.45) is -0.640. The van der Waals surface area contributed by atoms with Crippen molar-refractivity contribution in [3.05, 3.63) is 35.4 Å². The zero-order chi connectivity index (χ0) is 16.9. The van der Waals surface area contributed by atoms with Gasteiger partial charge in [-0.05, 0) is 25.3 Å². The van der Waals surface area contributed by atoms with E-state index in [0.29, 0.717) is 5.56 Å². The van der Waals surface area contributed by atoms with Gasteiger partial charge in [0, 0.05) is 24.2 Å². The van der Waals surface area contributed by atoms with Crippen LogP contribution in [0.4, 0.5) is 8.78 Å². The molecular formula is C17H27F2NO2. The highest BCUT2D eigenvalue weighted by Crippen LogP contribution is 2.34. The molecule has 2 unspecified atom stereocenters. The van der Waals surface area contributed by atoms with Crippen molar-refractivity contribution in [1.82, 2.24) is 5.32 Å². The van der Waals surface area contributed by atoms with Gasteiger partial charge in [-0.1, -0.05) is 26.8 Å². The van der Waals surface area contributed by atoms with E-state index in [-0.39, 0.29) is 30.7 Å². The summed E-state index contributed by atoms with van der Waals surface area (Å²) in [5.74, 6) is -1.18. The third-order valence-corrected chi connectivity index (χ3v) is 3.32. The molecule has 0 aliphatic rings. The third kappa shape index (κ3) is 5.99. The van der Waals surface area contributed by atoms with Gasteiger partial charge in [-0.25, -0.2) is 8.78 Å². The van der Waals surface area contributed by atoms with Gasteiger partial charge in [0.2, 0.25) is 0 Å². The van der Waals surface area contributed by atoms with Crippen molar-refractivity contribution in [2.24, 2.45) is 5.41 Å². The molecule has 0 radical (unpaired) electrons. The zero-order valence-corrected chi connectivity index (χ0v) is 14.0. The van der Waals surface area contributed by atoms with E-state index >= 15 is 0 Å². The summed E-state index contributed by atoms with van der Waals surface area (Å²) < 4.78 is 32.5. The van der Waals surface area contributed by atoms with Crippen LogP contribution in [0.15, 0.2) is 18.2 Å². The summed E-state index contributed by atoms with van der Waals surface area (Å²) in [5, 5.41) is 13.1. The predicted octanol–water partition coefficient (Wildman–Crippen LogP) is 3.43. The third-order valence-electron chi connectivity index (χ3n) is 3.32. The molecule has 1 rings (SSSR count). The predicted molar refractivity (Wildman–Crippen MR) is 83.7 cm³/mol. The maximum absolute atomic E-state index is 14.0. The Labute approximate surface area is 131 Å². The molecule has 0 fully saturated rings. The van der Waals surface area contributed by atoms with E-state index in [4.69, 9.17) is 4.74 Å². The van der Waals surface area contributed by atoms with Crippen LogP contribution < -0.4 is 5.32 Å². The second-order valence-corrected chi connectivity index (χ2v) is 6.91. The van der Waals surface area contributed by atoms with Crippen molar-refractivity contribution >= 4 is 0 Å². The second-order valence-electron chi connectivity index (χ2n) is 6.91. The molecule has 0 spiro atoms. The standard InChI is InChI=1S/C17H27F2NO2/c1-11(2)22-10-13(21)9-20-16(17(3,4)5)14-7-6-12(18)8-15(14)19/h6-8,11,13,16,20-21H,9-10H2,1-5H3. The number of nitrogens with one attached hydrogen (secondary N) is 1. The SMILES string of the molecule is CC(C)OCC(O)CNC(c1ccc(F)cc1F)C(C)(C)C. The van der Waals surface area contributed by atoms with Crippen LogP contribution in [0, 0.1) is 17.0 Å². The minimum Gasteiger partial charge on any atom is -0.389 e. The van der Waals surface area contributed by atoms with Gasteiger partial charge >= 0.3 is 0 Å². The molecule has 0 aromatic heterocycles. The van der Waals surface area contributed by atoms with Crippen molar-refractivity contribution in [1.29, 1.82) is 0 Å². The van der Waals surface area contributed by atoms with Crippen molar-refractivity contribution in [2.75, 3.05) is 13.2 Å². The molecule has 1 aromatic rings. The Kier molecular flexibility index (Phi) is 6.91. The van der Waals surface area contributed by atoms with E-state index in [9.17, 15) is 13.9 Å². The number of hydrogen-bond acceptors (Lipinski definition) is 3. The fourth-order valence-corrected chi connectivity index (χ4v) is 2.23. The molecule has 22 heavy (non-hydrogen) atoms. The van der Waals surface area contributed by atoms with Gasteiger partial charge in [0.05, 0.1) is 18.8 Å². The molecule has 0 amide bonds. The van der Waals surface area contributed by atoms with Crippen molar-refractivity contribution < 1.29 is 18.6 Å². The number of aliphatic hydroxyl groups is 1. The molecule has 0 aliphatic carbocycles. The summed E-state index contributed by atoms with van der Waals surface area (Å²) in [7, 11) is 0. The van der Waals surface area contributed by atoms with Crippen LogP contribution in [-0.4, -0.2) is 30.5 Å². The molecule has 2 N–H and O–H groups in total. The Hall–Kier alpha value is -1.04. The highest BCUT2D eigenvalue weighted by atomic mass is 19.1. The first-order valence-electron chi connectivity index (χ1n) is 7.59. The van der Waals surface area contributed by atoms with Gasteiger partial charge in [-0.3, -0.25) is 0 Å². The number of benzene rings is 1. The van der Waals surface area contributed by atoms with Crippen LogP contribution >= 0.6 is 0 Å². The van der Waals surface area contributed by atoms with E-state index in [2.05, 4.69) is 5.32 Å². The number of rotatable bonds is 7. The summed E-state index contributed by atoms with van der Waals surface area (Å²) in [4.78, 5) is 0. The van der Waals surface area contributed by atoms with Crippen molar-refractivity contribution in [2.45, 2.75) is 52.9 Å². The zero-order valence-electron chi connectivity index (χ0n) is 14.0. The van der Waals surface area contributed by atoms with Gasteiger partial charge < -0.3 is 15.2 Å². The van der Waals surface area contributed by atoms with Crippen molar-refractivity contribution in [3.8, 4) is 0 Å². The lowest BCUT2D eigenvalue weighted by Gasteiger charge is -2.33. The minimum atomic E-state index is -0.684. The molecule has 0 heterocycles. The van der Waals surface area contributed by atoms with E-state index in [0.717, 1.165) is 6.07 Å². The first kappa shape index (κ1) is 19.0. The molecule has 2 atom stereocenters. The first-order valence-corrected chi connectivity index (χ1v) is 7.59. The Morgan fingerprint density at radius 3 is 2.36 bits per heavy atom. The van der Waals surface area contributed by atoms with Crippen LogP contribution in [-0.2, 0) is 4.74 Å². The Morgan fingerprint density at radius 2 is 1.86 bits per heavy atom. The Balaban J connectivity index is 2.78. The molecule has 5 heteroatoms. The van der Waals surface area contributed by atoms with Gasteiger partial charge in [-0.2, -0.15) is 0 Å². The average molecular weight is 315 g/mol. The van der Waals surface area contributed by atoms with E-state index < -0.39 is 17.7 Å². The molecule has 0 saturated heterocycles. The number of ether oxygens (including phenoxy) is 1. The summed E-state index contributed by atoms with van der Waals surface area (Å²) in [6, 6.07) is 3.23. The van der Waals surface area contributed by atoms with Crippen LogP contribution in [0.25, 0.3) is 0 Å². The minimum absolute atomic E-state index is 0.0441. The van der Waals surface area contributed by atoms with E-state index in [1.165, 1.54) is 12.1 Å². The molecule has 0 bridgehead atoms. The van der Waals surface area contributed by atoms with Gasteiger partial charge in [0.1, 0.15) is 11.6 Å². The molecule has 3 nitrogen and oxygen atoms in total. The summed E-state index contributed by atoms with van der Waals surface area (Å²) in [5.41, 5.74) is 0.1000. The van der Waals surface area contributed by atoms with Crippen LogP contribution in [0.5, 0.6) is 0 Å². The van der Waals surface area contributed by atoms with Crippen LogP contribution in [0.2, 0.25) is 0 Å². The lowest BCUT2D eigenvalue weighted by molar-refractivity contribution is 0.00383. The normalized spacial score (nSPS) is 15.1. The van der Waals surface area contributed by atoms with Gasteiger partial charge in [0.25, 0.3) is 0 Å². The monoisotopic (exact) mass is 315 g/mol. The van der Waals surface area contributed by atoms with Gasteiger partial charge in [0.15, 0.2) is 0 Å². The molecule has 1 aromatic carbocycles. The fourth-order valence-electron chi connectivity index (χ4n) is 2.23. The lowest BCUT2D eigenvalue weighted by Crippen LogP contribution is -2.39. The lowest BCUT2D eigenvalue weighted by atomic mass is 9.82. The molecule has 126 valence electrons. The highest BCUT2D eigenvalue weighted by molar-refractivity contribution is 5.23. The maximum atomic E-state index is 14.0. The highest BCUT2D eigenvalue weighted by Gasteiger charge is 2.28. The number of hydrogen-bond donors (Lipinski definition) is 2. The topological polar surface area (TPSA) is 41.5 Å². The maximum Gasteiger partial charge on any atom is 0.130 e. The van der Waals surface area contributed by atoms with Crippen molar-refractivity contribution in [3.63, 3.8) is 0 Å². The molecular weight excluding hydrogens is 288 g/mol.